The summed E-state index contributed by atoms with van der Waals surface area (Å²) in [4.78, 5) is 61.9. The van der Waals surface area contributed by atoms with E-state index in [0.717, 1.165) is 17.5 Å². The number of nitrogens with zero attached hydrogens (tertiary/aromatic N) is 5. The Morgan fingerprint density at radius 1 is 0.736 bits per heavy atom. The van der Waals surface area contributed by atoms with Gasteiger partial charge in [-0.05, 0) is 50.5 Å². The van der Waals surface area contributed by atoms with Gasteiger partial charge in [0.25, 0.3) is 11.8 Å². The molecule has 53 heavy (non-hydrogen) atoms. The minimum atomic E-state index is -0.679. The van der Waals surface area contributed by atoms with Gasteiger partial charge in [-0.2, -0.15) is 0 Å². The first-order valence-electron chi connectivity index (χ1n) is 17.0. The SMILES string of the molecule is CCCc1oc2nc1C(=O)NCc1cccc(c1)CNC(=O)c1nc(oc1CCNC(=O)OC(C)(C)C)-c1coc(n1)-c1cccc(n1)-c1nc-2co1. The third-order valence-electron chi connectivity index (χ3n) is 7.85. The summed E-state index contributed by atoms with van der Waals surface area (Å²) in [6.45, 7) is 7.73. The molecule has 7 rings (SSSR count). The molecule has 3 N–H and O–H groups in total. The maximum Gasteiger partial charge on any atom is 0.407 e. The molecule has 0 atom stereocenters. The number of pyridine rings is 1. The fraction of sp³-hybridized carbons (Fsp3) is 0.297. The molecule has 1 aliphatic heterocycles. The van der Waals surface area contributed by atoms with Crippen molar-refractivity contribution in [2.45, 2.75) is 65.6 Å². The highest BCUT2D eigenvalue weighted by Crippen LogP contribution is 2.29. The summed E-state index contributed by atoms with van der Waals surface area (Å²) in [5, 5.41) is 8.49. The van der Waals surface area contributed by atoms with Crippen LogP contribution in [0.15, 0.2) is 72.7 Å². The first-order valence-corrected chi connectivity index (χ1v) is 17.0. The van der Waals surface area contributed by atoms with Gasteiger partial charge >= 0.3 is 6.09 Å². The van der Waals surface area contributed by atoms with E-state index in [1.165, 1.54) is 12.5 Å². The monoisotopic (exact) mass is 720 g/mol. The molecule has 16 heteroatoms. The van der Waals surface area contributed by atoms with E-state index in [-0.39, 0.29) is 72.5 Å². The highest BCUT2D eigenvalue weighted by Gasteiger charge is 2.26. The number of rotatable bonds is 5. The van der Waals surface area contributed by atoms with Gasteiger partial charge < -0.3 is 38.4 Å². The summed E-state index contributed by atoms with van der Waals surface area (Å²) in [5.74, 6) is 0.237. The molecule has 0 saturated carbocycles. The lowest BCUT2D eigenvalue weighted by Gasteiger charge is -2.19. The lowest BCUT2D eigenvalue weighted by Crippen LogP contribution is -2.33. The number of hydrogen-bond donors (Lipinski definition) is 3. The Labute approximate surface area is 302 Å². The van der Waals surface area contributed by atoms with Gasteiger partial charge in [0.05, 0.1) is 0 Å². The van der Waals surface area contributed by atoms with Crippen LogP contribution in [-0.2, 0) is 30.7 Å². The van der Waals surface area contributed by atoms with Crippen LogP contribution in [0.3, 0.4) is 0 Å². The second-order valence-corrected chi connectivity index (χ2v) is 13.2. The smallest absolute Gasteiger partial charge is 0.407 e. The Kier molecular flexibility index (Phi) is 9.58. The van der Waals surface area contributed by atoms with Crippen molar-refractivity contribution >= 4 is 17.9 Å². The van der Waals surface area contributed by atoms with E-state index in [1.54, 1.807) is 39.0 Å². The van der Waals surface area contributed by atoms with Crippen LogP contribution >= 0.6 is 0 Å². The number of carbonyl (C=O) groups is 3. The van der Waals surface area contributed by atoms with Crippen molar-refractivity contribution in [2.24, 2.45) is 0 Å². The van der Waals surface area contributed by atoms with Crippen molar-refractivity contribution in [1.29, 1.82) is 0 Å². The van der Waals surface area contributed by atoms with E-state index in [0.29, 0.717) is 29.3 Å². The summed E-state index contributed by atoms with van der Waals surface area (Å²) < 4.78 is 28.9. The molecule has 1 aromatic carbocycles. The third kappa shape index (κ3) is 8.01. The number of alkyl carbamates (subject to hydrolysis) is 1. The first kappa shape index (κ1) is 34.9. The van der Waals surface area contributed by atoms with Crippen LogP contribution in [0.1, 0.15) is 77.7 Å². The maximum absolute atomic E-state index is 13.6. The quantitative estimate of drug-likeness (QED) is 0.190. The van der Waals surface area contributed by atoms with Crippen molar-refractivity contribution in [3.63, 3.8) is 0 Å². The number of oxazole rings is 4. The topological polar surface area (TPSA) is 214 Å². The van der Waals surface area contributed by atoms with Crippen LogP contribution in [0.25, 0.3) is 46.3 Å². The number of hydrogen-bond acceptors (Lipinski definition) is 13. The Balaban J connectivity index is 1.23. The highest BCUT2D eigenvalue weighted by atomic mass is 16.6. The van der Waals surface area contributed by atoms with Gasteiger partial charge in [0.2, 0.25) is 23.6 Å². The van der Waals surface area contributed by atoms with Gasteiger partial charge in [-0.3, -0.25) is 9.59 Å². The molecule has 12 bridgehead atoms. The number of aryl methyl sites for hydroxylation is 1. The first-order chi connectivity index (χ1) is 25.5. The molecule has 0 unspecified atom stereocenters. The van der Waals surface area contributed by atoms with Crippen molar-refractivity contribution in [3.05, 3.63) is 89.0 Å². The number of benzene rings is 1. The van der Waals surface area contributed by atoms with Crippen LogP contribution in [0.5, 0.6) is 0 Å². The molecule has 0 saturated heterocycles. The number of nitrogens with one attached hydrogen (secondary N) is 3. The molecule has 3 amide bonds. The van der Waals surface area contributed by atoms with Gasteiger partial charge in [0.15, 0.2) is 22.8 Å². The molecule has 0 radical (unpaired) electrons. The molecular weight excluding hydrogens is 684 g/mol. The standard InChI is InChI=1S/C37H36N8O8/c1-5-8-26-28-30(46)39-16-20-9-6-10-21(15-20)17-40-31(47)29-27(13-14-38-36(48)53-37(2,3)4)52-35(45-29)25-19-50-33(43-25)23-12-7-11-22(41-23)32-42-24(18-49-32)34(44-28)51-26/h6-7,9-12,15,18-19H,5,8,13-14,16-17H2,1-4H3,(H,38,48)(H,39,46)(H,40,47). The predicted octanol–water partition coefficient (Wildman–Crippen LogP) is 5.89. The van der Waals surface area contributed by atoms with Crippen molar-refractivity contribution in [1.82, 2.24) is 40.9 Å². The normalized spacial score (nSPS) is 13.1. The molecular formula is C37H36N8O8. The lowest BCUT2D eigenvalue weighted by atomic mass is 10.1. The zero-order valence-corrected chi connectivity index (χ0v) is 29.4. The van der Waals surface area contributed by atoms with Gasteiger partial charge in [0, 0.05) is 32.5 Å². The maximum atomic E-state index is 13.6. The lowest BCUT2D eigenvalue weighted by molar-refractivity contribution is 0.0527. The fourth-order valence-corrected chi connectivity index (χ4v) is 5.47. The number of carbonyl (C=O) groups excluding carboxylic acids is 3. The molecule has 6 aromatic rings. The average Bonchev–Trinajstić information content (AvgIpc) is 3.95. The molecule has 1 aliphatic rings. The van der Waals surface area contributed by atoms with Gasteiger partial charge in [-0.1, -0.05) is 37.3 Å². The van der Waals surface area contributed by atoms with E-state index in [2.05, 4.69) is 40.9 Å². The number of fused-ring (bicyclic) bond motifs is 16. The van der Waals surface area contributed by atoms with Crippen LogP contribution in [-0.4, -0.2) is 55.0 Å². The molecule has 16 nitrogen and oxygen atoms in total. The van der Waals surface area contributed by atoms with Crippen molar-refractivity contribution < 1.29 is 36.8 Å². The zero-order valence-electron chi connectivity index (χ0n) is 29.4. The van der Waals surface area contributed by atoms with Crippen LogP contribution in [0, 0.1) is 0 Å². The van der Waals surface area contributed by atoms with E-state index >= 15 is 0 Å². The van der Waals surface area contributed by atoms with E-state index in [1.807, 2.05) is 31.2 Å². The van der Waals surface area contributed by atoms with E-state index in [4.69, 9.17) is 22.4 Å². The minimum absolute atomic E-state index is 0.0168. The largest absolute Gasteiger partial charge is 0.444 e. The summed E-state index contributed by atoms with van der Waals surface area (Å²) >= 11 is 0. The Morgan fingerprint density at radius 2 is 1.26 bits per heavy atom. The molecule has 0 fully saturated rings. The second kappa shape index (κ2) is 14.6. The van der Waals surface area contributed by atoms with Gasteiger partial charge in [-0.15, -0.1) is 0 Å². The molecule has 6 heterocycles. The summed E-state index contributed by atoms with van der Waals surface area (Å²) in [7, 11) is 0. The summed E-state index contributed by atoms with van der Waals surface area (Å²) in [6.07, 6.45) is 3.48. The van der Waals surface area contributed by atoms with Crippen LogP contribution < -0.4 is 16.0 Å². The van der Waals surface area contributed by atoms with Gasteiger partial charge in [0.1, 0.15) is 41.0 Å². The van der Waals surface area contributed by atoms with Crippen molar-refractivity contribution in [2.75, 3.05) is 6.54 Å². The zero-order chi connectivity index (χ0) is 37.1. The average molecular weight is 721 g/mol. The molecule has 5 aromatic heterocycles. The Morgan fingerprint density at radius 3 is 1.79 bits per heavy atom. The Hall–Kier alpha value is -6.58. The van der Waals surface area contributed by atoms with Crippen LogP contribution in [0.4, 0.5) is 4.79 Å². The fourth-order valence-electron chi connectivity index (χ4n) is 5.47. The highest BCUT2D eigenvalue weighted by molar-refractivity contribution is 5.94. The third-order valence-corrected chi connectivity index (χ3v) is 7.85. The minimum Gasteiger partial charge on any atom is -0.444 e. The van der Waals surface area contributed by atoms with Crippen LogP contribution in [0.2, 0.25) is 0 Å². The second-order valence-electron chi connectivity index (χ2n) is 13.2. The van der Waals surface area contributed by atoms with Crippen molar-refractivity contribution in [3.8, 4) is 46.3 Å². The van der Waals surface area contributed by atoms with Gasteiger partial charge in [-0.25, -0.2) is 29.7 Å². The van der Waals surface area contributed by atoms with E-state index in [9.17, 15) is 14.4 Å². The number of aromatic nitrogens is 5. The van der Waals surface area contributed by atoms with E-state index < -0.39 is 23.5 Å². The summed E-state index contributed by atoms with van der Waals surface area (Å²) in [6, 6.07) is 12.6. The molecule has 272 valence electrons. The number of amides is 3. The molecule has 0 aliphatic carbocycles. The molecule has 0 spiro atoms. The Bertz CT molecular complexity index is 2290. The summed E-state index contributed by atoms with van der Waals surface area (Å²) in [5.41, 5.74) is 2.33. The number of ether oxygens (including phenoxy) is 1. The predicted molar refractivity (Wildman–Crippen MR) is 187 cm³/mol.